The number of nitrogens with zero attached hydrogens (tertiary/aromatic N) is 2. The highest BCUT2D eigenvalue weighted by Crippen LogP contribution is 2.58. The number of rotatable bonds is 7. The molecule has 0 atom stereocenters. The van der Waals surface area contributed by atoms with Crippen LogP contribution in [0.1, 0.15) is 89.9 Å². The molecule has 0 aromatic carbocycles. The summed E-state index contributed by atoms with van der Waals surface area (Å²) in [7, 11) is 0. The van der Waals surface area contributed by atoms with Gasteiger partial charge < -0.3 is 4.74 Å². The fraction of sp³-hybridized carbons (Fsp3) is 0.905. The van der Waals surface area contributed by atoms with E-state index in [1.807, 2.05) is 0 Å². The van der Waals surface area contributed by atoms with Gasteiger partial charge in [-0.15, -0.1) is 0 Å². The lowest BCUT2D eigenvalue weighted by Gasteiger charge is -2.53. The summed E-state index contributed by atoms with van der Waals surface area (Å²) in [4.78, 5) is 0. The van der Waals surface area contributed by atoms with Gasteiger partial charge in [-0.25, -0.2) is 0 Å². The van der Waals surface area contributed by atoms with Crippen LogP contribution < -0.4 is 0 Å². The van der Waals surface area contributed by atoms with Crippen molar-refractivity contribution in [3.8, 4) is 12.1 Å². The van der Waals surface area contributed by atoms with Crippen molar-refractivity contribution in [1.29, 1.82) is 10.5 Å². The average molecular weight is 329 g/mol. The van der Waals surface area contributed by atoms with Gasteiger partial charge in [-0.3, -0.25) is 0 Å². The van der Waals surface area contributed by atoms with Gasteiger partial charge in [-0.05, 0) is 93.8 Å². The van der Waals surface area contributed by atoms with E-state index in [9.17, 15) is 0 Å². The molecule has 4 aliphatic rings. The summed E-state index contributed by atoms with van der Waals surface area (Å²) in [6.07, 6.45) is 16.9. The zero-order valence-corrected chi connectivity index (χ0v) is 15.1. The topological polar surface area (TPSA) is 56.8 Å². The highest BCUT2D eigenvalue weighted by Gasteiger charge is 2.48. The first kappa shape index (κ1) is 17.8. The minimum atomic E-state index is 0.450. The van der Waals surface area contributed by atoms with Crippen LogP contribution in [0, 0.1) is 39.4 Å². The van der Waals surface area contributed by atoms with Crippen LogP contribution in [0.15, 0.2) is 0 Å². The first-order valence-corrected chi connectivity index (χ1v) is 10.0. The van der Waals surface area contributed by atoms with Crippen LogP contribution >= 0.6 is 0 Å². The Morgan fingerprint density at radius 2 is 1.38 bits per heavy atom. The van der Waals surface area contributed by atoms with Gasteiger partial charge in [-0.2, -0.15) is 10.5 Å². The molecule has 4 fully saturated rings. The molecule has 0 aromatic heterocycles. The van der Waals surface area contributed by atoms with Gasteiger partial charge in [0.15, 0.2) is 0 Å². The molecule has 0 amide bonds. The lowest BCUT2D eigenvalue weighted by Crippen LogP contribution is -2.44. The predicted molar refractivity (Wildman–Crippen MR) is 94.0 cm³/mol. The standard InChI is InChI=1S/C21H32N2O/c22-15-1-3-18-4-6-19(7-5-18)24-17-21-12-9-20(10-13-21,11-14-21)8-2-16-23/h18-19H,1-14,17H2. The molecule has 3 nitrogen and oxygen atoms in total. The van der Waals surface area contributed by atoms with Crippen LogP contribution in [-0.4, -0.2) is 12.7 Å². The molecule has 2 bridgehead atoms. The maximum absolute atomic E-state index is 8.88. The Bertz CT molecular complexity index is 468. The molecule has 0 radical (unpaired) electrons. The summed E-state index contributed by atoms with van der Waals surface area (Å²) in [5.74, 6) is 0.757. The van der Waals surface area contributed by atoms with Gasteiger partial charge >= 0.3 is 0 Å². The fourth-order valence-electron chi connectivity index (χ4n) is 5.40. The van der Waals surface area contributed by atoms with E-state index >= 15 is 0 Å². The first-order chi connectivity index (χ1) is 11.7. The Morgan fingerprint density at radius 1 is 0.792 bits per heavy atom. The SMILES string of the molecule is N#CCCC1CCC(OCC23CCC(CCC#N)(CC2)CC3)CC1. The summed E-state index contributed by atoms with van der Waals surface area (Å²) in [5.41, 5.74) is 0.947. The molecule has 4 aliphatic carbocycles. The Morgan fingerprint density at radius 3 is 1.96 bits per heavy atom. The highest BCUT2D eigenvalue weighted by molar-refractivity contribution is 5.00. The van der Waals surface area contributed by atoms with E-state index in [0.717, 1.165) is 31.8 Å². The largest absolute Gasteiger partial charge is 0.378 e. The van der Waals surface area contributed by atoms with Crippen LogP contribution in [-0.2, 0) is 4.74 Å². The van der Waals surface area contributed by atoms with Crippen molar-refractivity contribution >= 4 is 0 Å². The van der Waals surface area contributed by atoms with Crippen molar-refractivity contribution in [3.63, 3.8) is 0 Å². The molecule has 24 heavy (non-hydrogen) atoms. The third kappa shape index (κ3) is 4.12. The maximum Gasteiger partial charge on any atom is 0.0621 e. The molecule has 0 aromatic rings. The number of ether oxygens (including phenoxy) is 1. The lowest BCUT2D eigenvalue weighted by molar-refractivity contribution is -0.0942. The van der Waals surface area contributed by atoms with Gasteiger partial charge in [0, 0.05) is 12.8 Å². The summed E-state index contributed by atoms with van der Waals surface area (Å²) in [6.45, 7) is 0.967. The summed E-state index contributed by atoms with van der Waals surface area (Å²) in [5, 5.41) is 17.6. The van der Waals surface area contributed by atoms with Gasteiger partial charge in [0.2, 0.25) is 0 Å². The van der Waals surface area contributed by atoms with E-state index in [1.54, 1.807) is 0 Å². The summed E-state index contributed by atoms with van der Waals surface area (Å²) in [6, 6.07) is 4.62. The second kappa shape index (κ2) is 7.88. The number of hydrogen-bond donors (Lipinski definition) is 0. The van der Waals surface area contributed by atoms with Crippen molar-refractivity contribution in [2.24, 2.45) is 16.7 Å². The number of hydrogen-bond acceptors (Lipinski definition) is 3. The summed E-state index contributed by atoms with van der Waals surface area (Å²) < 4.78 is 6.39. The Labute approximate surface area is 147 Å². The third-order valence-electron chi connectivity index (χ3n) is 7.41. The van der Waals surface area contributed by atoms with Crippen molar-refractivity contribution < 1.29 is 4.74 Å². The van der Waals surface area contributed by atoms with E-state index in [1.165, 1.54) is 64.2 Å². The van der Waals surface area contributed by atoms with Crippen LogP contribution in [0.5, 0.6) is 0 Å². The van der Waals surface area contributed by atoms with Gasteiger partial charge in [0.1, 0.15) is 0 Å². The second-order valence-corrected chi connectivity index (χ2v) is 8.81. The van der Waals surface area contributed by atoms with E-state index in [0.29, 0.717) is 23.4 Å². The smallest absolute Gasteiger partial charge is 0.0621 e. The van der Waals surface area contributed by atoms with E-state index in [4.69, 9.17) is 15.3 Å². The van der Waals surface area contributed by atoms with Crippen LogP contribution in [0.25, 0.3) is 0 Å². The Balaban J connectivity index is 1.40. The molecule has 0 spiro atoms. The maximum atomic E-state index is 8.88. The average Bonchev–Trinajstić information content (AvgIpc) is 2.66. The minimum Gasteiger partial charge on any atom is -0.378 e. The van der Waals surface area contributed by atoms with Crippen molar-refractivity contribution in [1.82, 2.24) is 0 Å². The zero-order chi connectivity index (χ0) is 16.9. The fourth-order valence-corrected chi connectivity index (χ4v) is 5.40. The van der Waals surface area contributed by atoms with Crippen LogP contribution in [0.3, 0.4) is 0 Å². The lowest BCUT2D eigenvalue weighted by atomic mass is 9.53. The predicted octanol–water partition coefficient (Wildman–Crippen LogP) is 5.51. The molecular weight excluding hydrogens is 296 g/mol. The molecule has 132 valence electrons. The molecular formula is C21H32N2O. The van der Waals surface area contributed by atoms with E-state index < -0.39 is 0 Å². The summed E-state index contributed by atoms with van der Waals surface area (Å²) >= 11 is 0. The Hall–Kier alpha value is -1.06. The molecule has 0 N–H and O–H groups in total. The van der Waals surface area contributed by atoms with Gasteiger partial charge in [-0.1, -0.05) is 0 Å². The Kier molecular flexibility index (Phi) is 5.83. The second-order valence-electron chi connectivity index (χ2n) is 8.81. The number of fused-ring (bicyclic) bond motifs is 3. The van der Waals surface area contributed by atoms with Crippen molar-refractivity contribution in [3.05, 3.63) is 0 Å². The first-order valence-electron chi connectivity index (χ1n) is 10.0. The third-order valence-corrected chi connectivity index (χ3v) is 7.41. The molecule has 0 aliphatic heterocycles. The van der Waals surface area contributed by atoms with Gasteiger partial charge in [0.25, 0.3) is 0 Å². The van der Waals surface area contributed by atoms with E-state index in [2.05, 4.69) is 12.1 Å². The monoisotopic (exact) mass is 328 g/mol. The highest BCUT2D eigenvalue weighted by atomic mass is 16.5. The van der Waals surface area contributed by atoms with Gasteiger partial charge in [0.05, 0.1) is 24.8 Å². The molecule has 4 rings (SSSR count). The normalized spacial score (nSPS) is 38.4. The molecule has 3 heteroatoms. The molecule has 0 unspecified atom stereocenters. The zero-order valence-electron chi connectivity index (χ0n) is 15.1. The van der Waals surface area contributed by atoms with Crippen LogP contribution in [0.4, 0.5) is 0 Å². The quantitative estimate of drug-likeness (QED) is 0.619. The van der Waals surface area contributed by atoms with Crippen LogP contribution in [0.2, 0.25) is 0 Å². The minimum absolute atomic E-state index is 0.450. The molecule has 0 saturated heterocycles. The van der Waals surface area contributed by atoms with Crippen molar-refractivity contribution in [2.45, 2.75) is 96.0 Å². The van der Waals surface area contributed by atoms with E-state index in [-0.39, 0.29) is 0 Å². The van der Waals surface area contributed by atoms with Crippen molar-refractivity contribution in [2.75, 3.05) is 6.61 Å². The number of nitriles is 2. The molecule has 4 saturated carbocycles. The molecule has 0 heterocycles.